The summed E-state index contributed by atoms with van der Waals surface area (Å²) in [6, 6.07) is 15.4. The van der Waals surface area contributed by atoms with Crippen molar-refractivity contribution in [2.75, 3.05) is 26.8 Å². The Morgan fingerprint density at radius 2 is 2.06 bits per heavy atom. The molecule has 6 rings (SSSR count). The van der Waals surface area contributed by atoms with E-state index in [1.807, 2.05) is 55.5 Å². The molecule has 35 heavy (non-hydrogen) atoms. The first-order valence-electron chi connectivity index (χ1n) is 12.4. The standard InChI is InChI=1S/C29H32N2O4/c1-3-35-29(33)20-7-4-19(5-8-20)6-9-22-18-31-15-13-21(22)16-27(31)28(32)24-12-14-30-26-11-10-23(34-2)17-25(24)26/h4-12,14,17,21-22,27-28,32H,3,13,15-16,18H2,1-2H3/b9-6+/t21-,22-,27-,28+/m0/s1. The zero-order valence-electron chi connectivity index (χ0n) is 20.3. The lowest BCUT2D eigenvalue weighted by molar-refractivity contribution is -0.0444. The van der Waals surface area contributed by atoms with Gasteiger partial charge in [-0.05, 0) is 85.7 Å². The maximum Gasteiger partial charge on any atom is 0.338 e. The van der Waals surface area contributed by atoms with Gasteiger partial charge in [0.25, 0.3) is 0 Å². The summed E-state index contributed by atoms with van der Waals surface area (Å²) in [6.07, 6.45) is 7.76. The average Bonchev–Trinajstić information content (AvgIpc) is 2.91. The number of esters is 1. The van der Waals surface area contributed by atoms with Crippen molar-refractivity contribution < 1.29 is 19.4 Å². The first-order chi connectivity index (χ1) is 17.1. The van der Waals surface area contributed by atoms with Crippen LogP contribution in [0.4, 0.5) is 0 Å². The number of ether oxygens (including phenoxy) is 2. The molecule has 2 aromatic carbocycles. The van der Waals surface area contributed by atoms with E-state index in [2.05, 4.69) is 22.0 Å². The van der Waals surface area contributed by atoms with E-state index >= 15 is 0 Å². The van der Waals surface area contributed by atoms with Crippen LogP contribution in [0.3, 0.4) is 0 Å². The first kappa shape index (κ1) is 23.5. The molecule has 6 nitrogen and oxygen atoms in total. The van der Waals surface area contributed by atoms with Crippen LogP contribution in [0.1, 0.15) is 47.4 Å². The second-order valence-corrected chi connectivity index (χ2v) is 9.44. The molecule has 1 N–H and O–H groups in total. The average molecular weight is 473 g/mol. The largest absolute Gasteiger partial charge is 0.497 e. The molecular weight excluding hydrogens is 440 g/mol. The van der Waals surface area contributed by atoms with Gasteiger partial charge in [0, 0.05) is 24.2 Å². The van der Waals surface area contributed by atoms with E-state index < -0.39 is 6.10 Å². The van der Waals surface area contributed by atoms with E-state index in [1.54, 1.807) is 13.3 Å². The number of nitrogens with zero attached hydrogens (tertiary/aromatic N) is 2. The molecule has 2 bridgehead atoms. The minimum atomic E-state index is -0.573. The molecule has 5 atom stereocenters. The Balaban J connectivity index is 1.29. The molecule has 1 aromatic heterocycles. The predicted octanol–water partition coefficient (Wildman–Crippen LogP) is 4.88. The molecule has 3 aliphatic rings. The number of aromatic nitrogens is 1. The zero-order valence-corrected chi connectivity index (χ0v) is 20.3. The molecular formula is C29H32N2O4. The fraction of sp³-hybridized carbons (Fsp3) is 0.379. The van der Waals surface area contributed by atoms with Gasteiger partial charge in [-0.15, -0.1) is 0 Å². The Morgan fingerprint density at radius 3 is 2.77 bits per heavy atom. The third-order valence-corrected chi connectivity index (χ3v) is 7.47. The Bertz CT molecular complexity index is 1220. The van der Waals surface area contributed by atoms with Crippen molar-refractivity contribution in [2.45, 2.75) is 31.9 Å². The second kappa shape index (κ2) is 10.2. The van der Waals surface area contributed by atoms with Gasteiger partial charge in [-0.2, -0.15) is 0 Å². The number of pyridine rings is 1. The van der Waals surface area contributed by atoms with Gasteiger partial charge in [-0.1, -0.05) is 24.3 Å². The van der Waals surface area contributed by atoms with E-state index in [4.69, 9.17) is 9.47 Å². The summed E-state index contributed by atoms with van der Waals surface area (Å²) in [5.41, 5.74) is 3.43. The van der Waals surface area contributed by atoms with Crippen LogP contribution in [-0.4, -0.2) is 53.8 Å². The fourth-order valence-electron chi connectivity index (χ4n) is 5.57. The highest BCUT2D eigenvalue weighted by Gasteiger charge is 2.42. The summed E-state index contributed by atoms with van der Waals surface area (Å²) in [6.45, 7) is 4.14. The van der Waals surface area contributed by atoms with Crippen molar-refractivity contribution in [1.29, 1.82) is 0 Å². The first-order valence-corrected chi connectivity index (χ1v) is 12.4. The maximum atomic E-state index is 11.9. The fourth-order valence-corrected chi connectivity index (χ4v) is 5.57. The maximum absolute atomic E-state index is 11.9. The molecule has 3 fully saturated rings. The summed E-state index contributed by atoms with van der Waals surface area (Å²) in [5, 5.41) is 12.4. The highest BCUT2D eigenvalue weighted by Crippen LogP contribution is 2.42. The number of piperidine rings is 3. The van der Waals surface area contributed by atoms with Crippen molar-refractivity contribution in [3.63, 3.8) is 0 Å². The lowest BCUT2D eigenvalue weighted by atomic mass is 9.73. The lowest BCUT2D eigenvalue weighted by Crippen LogP contribution is -2.54. The van der Waals surface area contributed by atoms with Crippen LogP contribution < -0.4 is 4.74 Å². The Morgan fingerprint density at radius 1 is 1.23 bits per heavy atom. The van der Waals surface area contributed by atoms with Gasteiger partial charge in [0.2, 0.25) is 0 Å². The minimum Gasteiger partial charge on any atom is -0.497 e. The summed E-state index contributed by atoms with van der Waals surface area (Å²) in [5.74, 6) is 1.47. The van der Waals surface area contributed by atoms with Crippen LogP contribution in [0.2, 0.25) is 0 Å². The summed E-state index contributed by atoms with van der Waals surface area (Å²) < 4.78 is 10.5. The topological polar surface area (TPSA) is 71.9 Å². The van der Waals surface area contributed by atoms with Crippen LogP contribution in [-0.2, 0) is 4.74 Å². The molecule has 0 amide bonds. The van der Waals surface area contributed by atoms with Crippen molar-refractivity contribution in [2.24, 2.45) is 11.8 Å². The highest BCUT2D eigenvalue weighted by molar-refractivity contribution is 5.89. The van der Waals surface area contributed by atoms with Gasteiger partial charge < -0.3 is 14.6 Å². The molecule has 1 unspecified atom stereocenters. The van der Waals surface area contributed by atoms with Crippen molar-refractivity contribution in [3.05, 3.63) is 77.5 Å². The van der Waals surface area contributed by atoms with Gasteiger partial charge in [0.15, 0.2) is 0 Å². The molecule has 0 aliphatic carbocycles. The van der Waals surface area contributed by atoms with Crippen LogP contribution in [0.5, 0.6) is 5.75 Å². The van der Waals surface area contributed by atoms with Gasteiger partial charge >= 0.3 is 5.97 Å². The number of hydrogen-bond acceptors (Lipinski definition) is 6. The van der Waals surface area contributed by atoms with Gasteiger partial charge in [-0.3, -0.25) is 9.88 Å². The molecule has 3 aliphatic heterocycles. The van der Waals surface area contributed by atoms with E-state index in [0.29, 0.717) is 24.0 Å². The van der Waals surface area contributed by atoms with Crippen LogP contribution in [0.25, 0.3) is 17.0 Å². The minimum absolute atomic E-state index is 0.0964. The number of methoxy groups -OCH3 is 1. The molecule has 0 spiro atoms. The monoisotopic (exact) mass is 472 g/mol. The quantitative estimate of drug-likeness (QED) is 0.495. The molecule has 4 heterocycles. The van der Waals surface area contributed by atoms with Crippen molar-refractivity contribution >= 4 is 22.9 Å². The third-order valence-electron chi connectivity index (χ3n) is 7.47. The van der Waals surface area contributed by atoms with Crippen molar-refractivity contribution in [3.8, 4) is 5.75 Å². The number of carbonyl (C=O) groups is 1. The number of aliphatic hydroxyl groups is 1. The number of benzene rings is 2. The van der Waals surface area contributed by atoms with Crippen LogP contribution in [0.15, 0.2) is 60.8 Å². The third kappa shape index (κ3) is 4.81. The molecule has 0 radical (unpaired) electrons. The number of aliphatic hydroxyl groups excluding tert-OH is 1. The Labute approximate surface area is 206 Å². The van der Waals surface area contributed by atoms with Crippen LogP contribution >= 0.6 is 0 Å². The number of hydrogen-bond donors (Lipinski definition) is 1. The highest BCUT2D eigenvalue weighted by atomic mass is 16.5. The Kier molecular flexibility index (Phi) is 6.84. The summed E-state index contributed by atoms with van der Waals surface area (Å²) in [4.78, 5) is 18.8. The molecule has 3 saturated heterocycles. The number of fused-ring (bicyclic) bond motifs is 4. The van der Waals surface area contributed by atoms with Crippen molar-refractivity contribution in [1.82, 2.24) is 9.88 Å². The SMILES string of the molecule is CCOC(=O)c1ccc(/C=C/[C@H]2CN3CC[C@H]2C[C@H]3[C@H](O)c2ccnc3ccc(OC)cc23)cc1. The van der Waals surface area contributed by atoms with Gasteiger partial charge in [-0.25, -0.2) is 4.79 Å². The smallest absolute Gasteiger partial charge is 0.338 e. The molecule has 3 aromatic rings. The van der Waals surface area contributed by atoms with E-state index in [1.165, 1.54) is 0 Å². The van der Waals surface area contributed by atoms with E-state index in [0.717, 1.165) is 53.7 Å². The zero-order chi connectivity index (χ0) is 24.4. The molecule has 182 valence electrons. The lowest BCUT2D eigenvalue weighted by Gasteiger charge is -2.50. The van der Waals surface area contributed by atoms with E-state index in [-0.39, 0.29) is 12.0 Å². The summed E-state index contributed by atoms with van der Waals surface area (Å²) >= 11 is 0. The second-order valence-electron chi connectivity index (χ2n) is 9.44. The van der Waals surface area contributed by atoms with Crippen LogP contribution in [0, 0.1) is 11.8 Å². The van der Waals surface area contributed by atoms with E-state index in [9.17, 15) is 9.90 Å². The Hall–Kier alpha value is -3.22. The summed E-state index contributed by atoms with van der Waals surface area (Å²) in [7, 11) is 1.65. The number of rotatable bonds is 7. The predicted molar refractivity (Wildman–Crippen MR) is 136 cm³/mol. The van der Waals surface area contributed by atoms with Gasteiger partial charge in [0.05, 0.1) is 30.9 Å². The normalized spacial score (nSPS) is 24.5. The number of carbonyl (C=O) groups excluding carboxylic acids is 1. The van der Waals surface area contributed by atoms with Gasteiger partial charge in [0.1, 0.15) is 5.75 Å². The molecule has 0 saturated carbocycles. The molecule has 6 heteroatoms.